The van der Waals surface area contributed by atoms with Gasteiger partial charge in [-0.05, 0) is 24.3 Å². The number of fused-ring (bicyclic) bond motifs is 1. The Hall–Kier alpha value is -1.99. The summed E-state index contributed by atoms with van der Waals surface area (Å²) in [5.74, 6) is 0. The van der Waals surface area contributed by atoms with Crippen LogP contribution in [0.2, 0.25) is 5.02 Å². The van der Waals surface area contributed by atoms with Crippen LogP contribution in [0.4, 0.5) is 17.1 Å². The molecule has 27 heavy (non-hydrogen) atoms. The van der Waals surface area contributed by atoms with E-state index in [1.165, 1.54) is 24.3 Å². The van der Waals surface area contributed by atoms with Crippen molar-refractivity contribution >= 4 is 49.6 Å². The number of anilines is 1. The summed E-state index contributed by atoms with van der Waals surface area (Å²) in [5.41, 5.74) is 6.66. The minimum Gasteiger partial charge on any atom is -0.744 e. The zero-order chi connectivity index (χ0) is 18.9. The van der Waals surface area contributed by atoms with E-state index in [2.05, 4.69) is 10.2 Å². The number of rotatable bonds is 3. The van der Waals surface area contributed by atoms with E-state index in [1.54, 1.807) is 18.2 Å². The van der Waals surface area contributed by atoms with Gasteiger partial charge in [-0.25, -0.2) is 8.42 Å². The van der Waals surface area contributed by atoms with Crippen LogP contribution in [0.25, 0.3) is 10.8 Å². The molecule has 7 nitrogen and oxygen atoms in total. The molecule has 0 aliphatic carbocycles. The van der Waals surface area contributed by atoms with Gasteiger partial charge in [0.1, 0.15) is 27.6 Å². The van der Waals surface area contributed by atoms with Crippen molar-refractivity contribution in [2.45, 2.75) is 4.90 Å². The molecule has 3 rings (SSSR count). The van der Waals surface area contributed by atoms with Crippen molar-refractivity contribution in [3.05, 3.63) is 59.1 Å². The molecule has 0 aromatic heterocycles. The Morgan fingerprint density at radius 1 is 1.04 bits per heavy atom. The molecule has 0 amide bonds. The van der Waals surface area contributed by atoms with Crippen molar-refractivity contribution in [3.63, 3.8) is 0 Å². The van der Waals surface area contributed by atoms with Crippen LogP contribution in [-0.2, 0) is 10.1 Å². The number of halogens is 1. The maximum Gasteiger partial charge on any atom is 1.00 e. The van der Waals surface area contributed by atoms with E-state index in [-0.39, 0.29) is 57.6 Å². The number of nitrogens with zero attached hydrogens (tertiary/aromatic N) is 3. The number of hydrogen-bond donors (Lipinski definition) is 1. The van der Waals surface area contributed by atoms with Crippen molar-refractivity contribution in [2.75, 3.05) is 5.73 Å². The van der Waals surface area contributed by atoms with Crippen LogP contribution in [0, 0.1) is 11.3 Å². The summed E-state index contributed by atoms with van der Waals surface area (Å²) in [4.78, 5) is -0.437. The fraction of sp³-hybridized carbons (Fsp3) is 0. The first-order valence-electron chi connectivity index (χ1n) is 7.20. The largest absolute Gasteiger partial charge is 1.00 e. The van der Waals surface area contributed by atoms with Crippen LogP contribution < -0.4 is 35.3 Å². The van der Waals surface area contributed by atoms with E-state index in [0.717, 1.165) is 6.07 Å². The van der Waals surface area contributed by atoms with Gasteiger partial charge in [0, 0.05) is 15.8 Å². The summed E-state index contributed by atoms with van der Waals surface area (Å²) in [6.07, 6.45) is 0. The third kappa shape index (κ3) is 4.47. The van der Waals surface area contributed by atoms with Crippen molar-refractivity contribution in [1.82, 2.24) is 0 Å². The quantitative estimate of drug-likeness (QED) is 0.301. The fourth-order valence-corrected chi connectivity index (χ4v) is 3.31. The van der Waals surface area contributed by atoms with Gasteiger partial charge in [-0.1, -0.05) is 35.9 Å². The molecule has 0 bridgehead atoms. The monoisotopic (exact) mass is 408 g/mol. The van der Waals surface area contributed by atoms with Crippen LogP contribution in [0.1, 0.15) is 5.56 Å². The minimum absolute atomic E-state index is 0. The zero-order valence-corrected chi connectivity index (χ0v) is 17.6. The van der Waals surface area contributed by atoms with Crippen molar-refractivity contribution in [1.29, 1.82) is 5.26 Å². The third-order valence-electron chi connectivity index (χ3n) is 3.64. The Kier molecular flexibility index (Phi) is 6.59. The standard InChI is InChI=1S/C17H11ClN4O3S.Na/c18-11-5-6-14(10(7-11)9-19)21-22-15-8-16(26(23,24)25)12-3-1-2-4-13(12)17(15)20;/h1-8H,20H2,(H,23,24,25);/q;+1/p-1. The van der Waals surface area contributed by atoms with Gasteiger partial charge in [-0.3, -0.25) is 0 Å². The van der Waals surface area contributed by atoms with Crippen LogP contribution in [0.15, 0.2) is 63.7 Å². The minimum atomic E-state index is -4.75. The fourth-order valence-electron chi connectivity index (χ4n) is 2.43. The topological polar surface area (TPSA) is 132 Å². The van der Waals surface area contributed by atoms with Crippen molar-refractivity contribution < 1.29 is 42.5 Å². The molecule has 0 fully saturated rings. The number of benzene rings is 3. The molecule has 0 saturated heterocycles. The summed E-state index contributed by atoms with van der Waals surface area (Å²) in [6.45, 7) is 0. The predicted molar refractivity (Wildman–Crippen MR) is 96.7 cm³/mol. The number of hydrogen-bond acceptors (Lipinski definition) is 7. The van der Waals surface area contributed by atoms with Crippen molar-refractivity contribution in [3.8, 4) is 6.07 Å². The van der Waals surface area contributed by atoms with Crippen LogP contribution in [0.3, 0.4) is 0 Å². The summed E-state index contributed by atoms with van der Waals surface area (Å²) >= 11 is 5.83. The normalized spacial score (nSPS) is 11.3. The van der Waals surface area contributed by atoms with E-state index in [9.17, 15) is 13.0 Å². The number of nitriles is 1. The number of nitrogens with two attached hydrogens (primary N) is 1. The van der Waals surface area contributed by atoms with Gasteiger partial charge >= 0.3 is 29.6 Å². The molecule has 0 spiro atoms. The smallest absolute Gasteiger partial charge is 0.744 e. The van der Waals surface area contributed by atoms with E-state index in [4.69, 9.17) is 22.6 Å². The first kappa shape index (κ1) is 21.3. The summed E-state index contributed by atoms with van der Waals surface area (Å²) < 4.78 is 34.8. The summed E-state index contributed by atoms with van der Waals surface area (Å²) in [7, 11) is -4.75. The van der Waals surface area contributed by atoms with Gasteiger partial charge < -0.3 is 10.3 Å². The molecule has 0 radical (unpaired) electrons. The van der Waals surface area contributed by atoms with E-state index in [0.29, 0.717) is 10.4 Å². The molecular weight excluding hydrogens is 399 g/mol. The first-order valence-corrected chi connectivity index (χ1v) is 8.98. The zero-order valence-electron chi connectivity index (χ0n) is 14.0. The Labute approximate surface area is 182 Å². The summed E-state index contributed by atoms with van der Waals surface area (Å²) in [5, 5.41) is 18.0. The molecule has 130 valence electrons. The molecule has 0 aliphatic rings. The Bertz CT molecular complexity index is 1210. The molecule has 3 aromatic carbocycles. The molecule has 0 saturated carbocycles. The number of nitrogen functional groups attached to an aromatic ring is 1. The molecule has 0 atom stereocenters. The molecule has 0 heterocycles. The van der Waals surface area contributed by atoms with Crippen molar-refractivity contribution in [2.24, 2.45) is 10.2 Å². The van der Waals surface area contributed by atoms with Gasteiger partial charge in [0.15, 0.2) is 0 Å². The first-order chi connectivity index (χ1) is 12.3. The van der Waals surface area contributed by atoms with E-state index in [1.807, 2.05) is 6.07 Å². The summed E-state index contributed by atoms with van der Waals surface area (Å²) in [6, 6.07) is 13.8. The second-order valence-electron chi connectivity index (χ2n) is 5.28. The van der Waals surface area contributed by atoms with E-state index >= 15 is 0 Å². The van der Waals surface area contributed by atoms with Crippen LogP contribution in [-0.4, -0.2) is 13.0 Å². The molecule has 0 aliphatic heterocycles. The van der Waals surface area contributed by atoms with Crippen LogP contribution >= 0.6 is 11.6 Å². The molecular formula is C17H10ClN4NaO3S. The second kappa shape index (κ2) is 8.35. The van der Waals surface area contributed by atoms with Gasteiger partial charge in [-0.15, -0.1) is 10.2 Å². The van der Waals surface area contributed by atoms with Gasteiger partial charge in [0.2, 0.25) is 0 Å². The average Bonchev–Trinajstić information content (AvgIpc) is 2.61. The Morgan fingerprint density at radius 2 is 1.67 bits per heavy atom. The molecule has 10 heteroatoms. The van der Waals surface area contributed by atoms with Crippen LogP contribution in [0.5, 0.6) is 0 Å². The maximum atomic E-state index is 11.6. The molecule has 2 N–H and O–H groups in total. The van der Waals surface area contributed by atoms with E-state index < -0.39 is 15.0 Å². The maximum absolute atomic E-state index is 11.6. The second-order valence-corrected chi connectivity index (χ2v) is 7.06. The SMILES string of the molecule is N#Cc1cc(Cl)ccc1N=Nc1cc(S(=O)(=O)[O-])c2ccccc2c1N.[Na+]. The Morgan fingerprint density at radius 3 is 2.30 bits per heavy atom. The third-order valence-corrected chi connectivity index (χ3v) is 4.75. The molecule has 3 aromatic rings. The molecule has 0 unspecified atom stereocenters. The average molecular weight is 409 g/mol. The Balaban J connectivity index is 0.00000261. The van der Waals surface area contributed by atoms with Gasteiger partial charge in [-0.2, -0.15) is 5.26 Å². The predicted octanol–water partition coefficient (Wildman–Crippen LogP) is 1.27. The van der Waals surface area contributed by atoms with Gasteiger partial charge in [0.05, 0.1) is 16.1 Å². The number of azo groups is 1. The van der Waals surface area contributed by atoms with Gasteiger partial charge in [0.25, 0.3) is 0 Å².